The Hall–Kier alpha value is -1.60. The van der Waals surface area contributed by atoms with Gasteiger partial charge in [0.15, 0.2) is 0 Å². The number of carbonyl (C=O) groups is 1. The highest BCUT2D eigenvalue weighted by atomic mass is 19.4. The molecule has 1 aliphatic heterocycles. The smallest absolute Gasteiger partial charge is 0.378 e. The summed E-state index contributed by atoms with van der Waals surface area (Å²) in [7, 11) is 1.51. The molecule has 1 heterocycles. The molecule has 0 bridgehead atoms. The fourth-order valence-electron chi connectivity index (χ4n) is 2.40. The second kappa shape index (κ2) is 7.11. The molecule has 122 valence electrons. The van der Waals surface area contributed by atoms with E-state index in [1.807, 2.05) is 0 Å². The largest absolute Gasteiger partial charge is 0.416 e. The van der Waals surface area contributed by atoms with Gasteiger partial charge < -0.3 is 15.0 Å². The third kappa shape index (κ3) is 4.45. The summed E-state index contributed by atoms with van der Waals surface area (Å²) in [6.07, 6.45) is -4.20. The molecule has 1 fully saturated rings. The molecule has 0 aliphatic carbocycles. The van der Waals surface area contributed by atoms with Crippen LogP contribution in [0.15, 0.2) is 24.3 Å². The average Bonchev–Trinajstić information content (AvgIpc) is 2.47. The van der Waals surface area contributed by atoms with Crippen molar-refractivity contribution in [3.8, 4) is 0 Å². The number of alkyl halides is 3. The zero-order valence-electron chi connectivity index (χ0n) is 12.3. The van der Waals surface area contributed by atoms with Crippen LogP contribution in [0.5, 0.6) is 0 Å². The molecule has 1 amide bonds. The van der Waals surface area contributed by atoms with E-state index in [-0.39, 0.29) is 30.5 Å². The van der Waals surface area contributed by atoms with Crippen LogP contribution in [0.4, 0.5) is 13.2 Å². The number of hydrogen-bond donors (Lipinski definition) is 1. The van der Waals surface area contributed by atoms with Crippen LogP contribution in [-0.2, 0) is 22.3 Å². The first kappa shape index (κ1) is 16.8. The summed E-state index contributed by atoms with van der Waals surface area (Å²) >= 11 is 0. The first-order valence-corrected chi connectivity index (χ1v) is 7.08. The number of carbonyl (C=O) groups excluding carboxylic acids is 1. The van der Waals surface area contributed by atoms with Gasteiger partial charge in [-0.3, -0.25) is 4.79 Å². The molecule has 1 aromatic carbocycles. The van der Waals surface area contributed by atoms with Crippen molar-refractivity contribution in [2.45, 2.75) is 25.2 Å². The molecule has 7 heteroatoms. The predicted octanol–water partition coefficient (Wildman–Crippen LogP) is 2.04. The Kier molecular flexibility index (Phi) is 5.42. The second-order valence-corrected chi connectivity index (χ2v) is 5.33. The fraction of sp³-hybridized carbons (Fsp3) is 0.533. The maximum Gasteiger partial charge on any atom is 0.416 e. The molecule has 0 spiro atoms. The molecule has 22 heavy (non-hydrogen) atoms. The van der Waals surface area contributed by atoms with Crippen LogP contribution in [0.1, 0.15) is 17.5 Å². The van der Waals surface area contributed by atoms with E-state index in [4.69, 9.17) is 4.74 Å². The minimum atomic E-state index is -4.42. The molecule has 1 aromatic rings. The molecular weight excluding hydrogens is 297 g/mol. The van der Waals surface area contributed by atoms with E-state index in [2.05, 4.69) is 5.32 Å². The number of rotatable bonds is 4. The molecule has 1 aliphatic rings. The SMILES string of the molecule is CN(Cc1ccccc1C(F)(F)F)C(=O)CC1COCCN1. The molecule has 1 atom stereocenters. The lowest BCUT2D eigenvalue weighted by molar-refractivity contribution is -0.139. The molecule has 1 unspecified atom stereocenters. The van der Waals surface area contributed by atoms with Gasteiger partial charge in [0.1, 0.15) is 0 Å². The van der Waals surface area contributed by atoms with Crippen LogP contribution >= 0.6 is 0 Å². The normalized spacial score (nSPS) is 19.0. The Morgan fingerprint density at radius 2 is 2.14 bits per heavy atom. The Labute approximate surface area is 127 Å². The van der Waals surface area contributed by atoms with E-state index in [1.54, 1.807) is 6.07 Å². The quantitative estimate of drug-likeness (QED) is 0.924. The minimum Gasteiger partial charge on any atom is -0.378 e. The van der Waals surface area contributed by atoms with Crippen LogP contribution in [0.2, 0.25) is 0 Å². The number of morpholine rings is 1. The Bertz CT molecular complexity index is 514. The predicted molar refractivity (Wildman–Crippen MR) is 75.1 cm³/mol. The summed E-state index contributed by atoms with van der Waals surface area (Å²) in [5, 5.41) is 3.15. The van der Waals surface area contributed by atoms with Crippen LogP contribution in [0, 0.1) is 0 Å². The van der Waals surface area contributed by atoms with Crippen molar-refractivity contribution in [2.75, 3.05) is 26.8 Å². The highest BCUT2D eigenvalue weighted by molar-refractivity contribution is 5.76. The monoisotopic (exact) mass is 316 g/mol. The number of amides is 1. The van der Waals surface area contributed by atoms with Gasteiger partial charge in [-0.25, -0.2) is 0 Å². The van der Waals surface area contributed by atoms with Gasteiger partial charge in [-0.1, -0.05) is 18.2 Å². The summed E-state index contributed by atoms with van der Waals surface area (Å²) in [6, 6.07) is 5.23. The number of ether oxygens (including phenoxy) is 1. The van der Waals surface area contributed by atoms with E-state index >= 15 is 0 Å². The van der Waals surface area contributed by atoms with E-state index in [0.29, 0.717) is 19.8 Å². The second-order valence-electron chi connectivity index (χ2n) is 5.33. The van der Waals surface area contributed by atoms with Crippen molar-refractivity contribution < 1.29 is 22.7 Å². The minimum absolute atomic E-state index is 0.0674. The van der Waals surface area contributed by atoms with Gasteiger partial charge >= 0.3 is 6.18 Å². The lowest BCUT2D eigenvalue weighted by Crippen LogP contribution is -2.44. The zero-order valence-corrected chi connectivity index (χ0v) is 12.3. The average molecular weight is 316 g/mol. The summed E-state index contributed by atoms with van der Waals surface area (Å²) in [5.41, 5.74) is -0.604. The van der Waals surface area contributed by atoms with Gasteiger partial charge in [0.2, 0.25) is 5.91 Å². The van der Waals surface area contributed by atoms with Crippen molar-refractivity contribution in [3.63, 3.8) is 0 Å². The lowest BCUT2D eigenvalue weighted by atomic mass is 10.1. The van der Waals surface area contributed by atoms with Gasteiger partial charge in [0, 0.05) is 32.6 Å². The summed E-state index contributed by atoms with van der Waals surface area (Å²) in [6.45, 7) is 1.67. The van der Waals surface area contributed by atoms with Crippen molar-refractivity contribution in [1.29, 1.82) is 0 Å². The van der Waals surface area contributed by atoms with Gasteiger partial charge in [-0.2, -0.15) is 13.2 Å². The molecule has 0 saturated carbocycles. The first-order valence-electron chi connectivity index (χ1n) is 7.08. The molecule has 2 rings (SSSR count). The van der Waals surface area contributed by atoms with Crippen LogP contribution in [-0.4, -0.2) is 43.7 Å². The highest BCUT2D eigenvalue weighted by Gasteiger charge is 2.33. The molecular formula is C15H19F3N2O2. The summed E-state index contributed by atoms with van der Waals surface area (Å²) in [5.74, 6) is -0.208. The Morgan fingerprint density at radius 1 is 1.41 bits per heavy atom. The third-order valence-electron chi connectivity index (χ3n) is 3.58. The number of nitrogens with one attached hydrogen (secondary N) is 1. The van der Waals surface area contributed by atoms with Crippen molar-refractivity contribution in [1.82, 2.24) is 10.2 Å². The maximum absolute atomic E-state index is 12.9. The highest BCUT2D eigenvalue weighted by Crippen LogP contribution is 2.32. The number of benzene rings is 1. The van der Waals surface area contributed by atoms with Crippen LogP contribution in [0.3, 0.4) is 0 Å². The Morgan fingerprint density at radius 3 is 2.77 bits per heavy atom. The molecule has 4 nitrogen and oxygen atoms in total. The number of halogens is 3. The van der Waals surface area contributed by atoms with E-state index < -0.39 is 11.7 Å². The fourth-order valence-corrected chi connectivity index (χ4v) is 2.40. The summed E-state index contributed by atoms with van der Waals surface area (Å²) < 4.78 is 44.1. The van der Waals surface area contributed by atoms with E-state index in [9.17, 15) is 18.0 Å². The van der Waals surface area contributed by atoms with Crippen molar-refractivity contribution in [2.24, 2.45) is 0 Å². The van der Waals surface area contributed by atoms with Crippen molar-refractivity contribution >= 4 is 5.91 Å². The van der Waals surface area contributed by atoms with Crippen molar-refractivity contribution in [3.05, 3.63) is 35.4 Å². The Balaban J connectivity index is 1.99. The molecule has 1 N–H and O–H groups in total. The van der Waals surface area contributed by atoms with Gasteiger partial charge in [-0.05, 0) is 11.6 Å². The van der Waals surface area contributed by atoms with Crippen LogP contribution < -0.4 is 5.32 Å². The van der Waals surface area contributed by atoms with Gasteiger partial charge in [0.25, 0.3) is 0 Å². The van der Waals surface area contributed by atoms with Gasteiger partial charge in [0.05, 0.1) is 18.8 Å². The molecule has 1 saturated heterocycles. The third-order valence-corrected chi connectivity index (χ3v) is 3.58. The molecule has 0 radical (unpaired) electrons. The zero-order chi connectivity index (χ0) is 16.2. The lowest BCUT2D eigenvalue weighted by Gasteiger charge is -2.26. The first-order chi connectivity index (χ1) is 10.4. The maximum atomic E-state index is 12.9. The summed E-state index contributed by atoms with van der Waals surface area (Å²) in [4.78, 5) is 13.4. The van der Waals surface area contributed by atoms with E-state index in [0.717, 1.165) is 6.07 Å². The van der Waals surface area contributed by atoms with Gasteiger partial charge in [-0.15, -0.1) is 0 Å². The van der Waals surface area contributed by atoms with Crippen LogP contribution in [0.25, 0.3) is 0 Å². The van der Waals surface area contributed by atoms with E-state index in [1.165, 1.54) is 24.1 Å². The number of hydrogen-bond acceptors (Lipinski definition) is 3. The number of nitrogens with zero attached hydrogens (tertiary/aromatic N) is 1. The topological polar surface area (TPSA) is 41.6 Å². The molecule has 0 aromatic heterocycles. The standard InChI is InChI=1S/C15H19F3N2O2/c1-20(14(21)8-12-10-22-7-6-19-12)9-11-4-2-3-5-13(11)15(16,17)18/h2-5,12,19H,6-10H2,1H3.